The second kappa shape index (κ2) is 8.27. The van der Waals surface area contributed by atoms with Gasteiger partial charge >= 0.3 is 6.18 Å². The SMILES string of the molecule is C.Fc1cc(Cn2c(C(F)(F)F)cc3c(N4CCCCC4)cccc32)ccc1Cl. The Balaban J connectivity index is 0.00000240. The first kappa shape index (κ1) is 21.5. The van der Waals surface area contributed by atoms with Crippen molar-refractivity contribution in [2.75, 3.05) is 18.0 Å². The third-order valence-corrected chi connectivity index (χ3v) is 5.54. The molecule has 156 valence electrons. The zero-order valence-electron chi connectivity index (χ0n) is 15.1. The van der Waals surface area contributed by atoms with Crippen LogP contribution in [-0.2, 0) is 12.7 Å². The van der Waals surface area contributed by atoms with E-state index in [4.69, 9.17) is 11.6 Å². The van der Waals surface area contributed by atoms with Crippen molar-refractivity contribution in [2.24, 2.45) is 0 Å². The summed E-state index contributed by atoms with van der Waals surface area (Å²) in [5.74, 6) is -0.641. The van der Waals surface area contributed by atoms with Gasteiger partial charge in [-0.15, -0.1) is 0 Å². The van der Waals surface area contributed by atoms with Crippen molar-refractivity contribution in [2.45, 2.75) is 39.4 Å². The maximum Gasteiger partial charge on any atom is 0.431 e. The van der Waals surface area contributed by atoms with Crippen molar-refractivity contribution in [3.63, 3.8) is 0 Å². The lowest BCUT2D eigenvalue weighted by molar-refractivity contribution is -0.143. The van der Waals surface area contributed by atoms with Gasteiger partial charge in [0.1, 0.15) is 11.5 Å². The van der Waals surface area contributed by atoms with E-state index in [0.717, 1.165) is 38.0 Å². The number of benzene rings is 2. The van der Waals surface area contributed by atoms with Crippen LogP contribution in [0.2, 0.25) is 5.02 Å². The van der Waals surface area contributed by atoms with E-state index >= 15 is 0 Å². The molecule has 0 aliphatic carbocycles. The molecule has 0 amide bonds. The van der Waals surface area contributed by atoms with Crippen LogP contribution in [0.25, 0.3) is 10.9 Å². The monoisotopic (exact) mass is 426 g/mol. The van der Waals surface area contributed by atoms with Gasteiger partial charge in [0.05, 0.1) is 10.5 Å². The number of halogens is 5. The predicted octanol–water partition coefficient (Wildman–Crippen LogP) is 7.13. The molecule has 29 heavy (non-hydrogen) atoms. The van der Waals surface area contributed by atoms with Crippen LogP contribution in [0.15, 0.2) is 42.5 Å². The molecule has 1 fully saturated rings. The Labute approximate surface area is 172 Å². The molecule has 4 rings (SSSR count). The van der Waals surface area contributed by atoms with Gasteiger partial charge in [0.25, 0.3) is 0 Å². The molecule has 3 aromatic rings. The molecule has 2 heterocycles. The van der Waals surface area contributed by atoms with Gasteiger partial charge in [-0.2, -0.15) is 13.2 Å². The summed E-state index contributed by atoms with van der Waals surface area (Å²) in [6.45, 7) is 1.60. The van der Waals surface area contributed by atoms with Crippen LogP contribution in [0, 0.1) is 5.82 Å². The Morgan fingerprint density at radius 1 is 0.966 bits per heavy atom. The first-order valence-electron chi connectivity index (χ1n) is 9.23. The van der Waals surface area contributed by atoms with Crippen LogP contribution in [0.1, 0.15) is 37.9 Å². The van der Waals surface area contributed by atoms with E-state index in [9.17, 15) is 17.6 Å². The maximum atomic E-state index is 13.8. The molecular formula is C22H23ClF4N2. The summed E-state index contributed by atoms with van der Waals surface area (Å²) < 4.78 is 56.3. The molecular weight excluding hydrogens is 404 g/mol. The minimum absolute atomic E-state index is 0. The van der Waals surface area contributed by atoms with Gasteiger partial charge in [0.15, 0.2) is 0 Å². The average Bonchev–Trinajstić information content (AvgIpc) is 3.04. The van der Waals surface area contributed by atoms with E-state index in [2.05, 4.69) is 4.90 Å². The summed E-state index contributed by atoms with van der Waals surface area (Å²) >= 11 is 5.70. The van der Waals surface area contributed by atoms with E-state index in [-0.39, 0.29) is 19.0 Å². The van der Waals surface area contributed by atoms with Gasteiger partial charge in [0.2, 0.25) is 0 Å². The first-order valence-corrected chi connectivity index (χ1v) is 9.61. The van der Waals surface area contributed by atoms with Crippen molar-refractivity contribution in [1.82, 2.24) is 4.57 Å². The molecule has 0 atom stereocenters. The molecule has 0 unspecified atom stereocenters. The molecule has 7 heteroatoms. The summed E-state index contributed by atoms with van der Waals surface area (Å²) in [5.41, 5.74) is 1.00. The number of rotatable bonds is 3. The molecule has 2 aromatic carbocycles. The first-order chi connectivity index (χ1) is 13.3. The molecule has 2 nitrogen and oxygen atoms in total. The van der Waals surface area contributed by atoms with Gasteiger partial charge in [-0.1, -0.05) is 31.2 Å². The lowest BCUT2D eigenvalue weighted by atomic mass is 10.1. The second-order valence-electron chi connectivity index (χ2n) is 7.12. The molecule has 1 aromatic heterocycles. The van der Waals surface area contributed by atoms with Crippen molar-refractivity contribution in [3.8, 4) is 0 Å². The lowest BCUT2D eigenvalue weighted by Crippen LogP contribution is -2.29. The molecule has 0 spiro atoms. The van der Waals surface area contributed by atoms with Crippen molar-refractivity contribution < 1.29 is 17.6 Å². The minimum Gasteiger partial charge on any atom is -0.371 e. The van der Waals surface area contributed by atoms with Gasteiger partial charge in [0, 0.05) is 30.7 Å². The quantitative estimate of drug-likeness (QED) is 0.404. The Hall–Kier alpha value is -2.21. The molecule has 1 aliphatic rings. The summed E-state index contributed by atoms with van der Waals surface area (Å²) in [6.07, 6.45) is -1.30. The van der Waals surface area contributed by atoms with E-state index in [0.29, 0.717) is 16.5 Å². The van der Waals surface area contributed by atoms with E-state index < -0.39 is 17.7 Å². The summed E-state index contributed by atoms with van der Waals surface area (Å²) in [5, 5.41) is 0.524. The smallest absolute Gasteiger partial charge is 0.371 e. The molecule has 0 N–H and O–H groups in total. The maximum absolute atomic E-state index is 13.8. The van der Waals surface area contributed by atoms with Gasteiger partial charge < -0.3 is 9.47 Å². The van der Waals surface area contributed by atoms with E-state index in [1.807, 2.05) is 6.07 Å². The third kappa shape index (κ3) is 4.22. The van der Waals surface area contributed by atoms with Gasteiger partial charge in [-0.3, -0.25) is 0 Å². The van der Waals surface area contributed by atoms with E-state index in [1.165, 1.54) is 22.8 Å². The number of piperidine rings is 1. The molecule has 1 saturated heterocycles. The highest BCUT2D eigenvalue weighted by atomic mass is 35.5. The van der Waals surface area contributed by atoms with Crippen LogP contribution >= 0.6 is 11.6 Å². The second-order valence-corrected chi connectivity index (χ2v) is 7.53. The van der Waals surface area contributed by atoms with Crippen LogP contribution in [-0.4, -0.2) is 17.7 Å². The van der Waals surface area contributed by atoms with Gasteiger partial charge in [-0.25, -0.2) is 4.39 Å². The number of hydrogen-bond donors (Lipinski definition) is 0. The van der Waals surface area contributed by atoms with Crippen LogP contribution in [0.4, 0.5) is 23.2 Å². The lowest BCUT2D eigenvalue weighted by Gasteiger charge is -2.29. The number of alkyl halides is 3. The van der Waals surface area contributed by atoms with E-state index in [1.54, 1.807) is 18.2 Å². The standard InChI is InChI=1S/C21H19ClF4N2.CH4/c22-16-8-7-14(11-17(16)23)13-28-19-6-4-5-18(27-9-2-1-3-10-27)15(19)12-20(28)21(24,25)26;/h4-8,11-12H,1-3,9-10,13H2;1H4. The third-order valence-electron chi connectivity index (χ3n) is 5.23. The topological polar surface area (TPSA) is 8.17 Å². The van der Waals surface area contributed by atoms with Crippen LogP contribution < -0.4 is 4.90 Å². The van der Waals surface area contributed by atoms with Crippen LogP contribution in [0.5, 0.6) is 0 Å². The number of fused-ring (bicyclic) bond motifs is 1. The highest BCUT2D eigenvalue weighted by Gasteiger charge is 2.36. The number of nitrogens with zero attached hydrogens (tertiary/aromatic N) is 2. The predicted molar refractivity (Wildman–Crippen MR) is 110 cm³/mol. The van der Waals surface area contributed by atoms with Crippen molar-refractivity contribution >= 4 is 28.2 Å². The Bertz CT molecular complexity index is 1000. The zero-order valence-corrected chi connectivity index (χ0v) is 15.8. The Kier molecular flexibility index (Phi) is 6.13. The number of hydrogen-bond acceptors (Lipinski definition) is 1. The average molecular weight is 427 g/mol. The fraction of sp³-hybridized carbons (Fsp3) is 0.364. The summed E-state index contributed by atoms with van der Waals surface area (Å²) in [4.78, 5) is 2.15. The fourth-order valence-corrected chi connectivity index (χ4v) is 4.02. The molecule has 0 radical (unpaired) electrons. The molecule has 1 aliphatic heterocycles. The Morgan fingerprint density at radius 3 is 2.34 bits per heavy atom. The largest absolute Gasteiger partial charge is 0.431 e. The van der Waals surface area contributed by atoms with Crippen molar-refractivity contribution in [1.29, 1.82) is 0 Å². The minimum atomic E-state index is -4.51. The number of anilines is 1. The van der Waals surface area contributed by atoms with Gasteiger partial charge in [-0.05, 0) is 55.2 Å². The normalized spacial score (nSPS) is 14.9. The number of aromatic nitrogens is 1. The van der Waals surface area contributed by atoms with Crippen molar-refractivity contribution in [3.05, 3.63) is 64.6 Å². The fourth-order valence-electron chi connectivity index (χ4n) is 3.91. The summed E-state index contributed by atoms with van der Waals surface area (Å²) in [7, 11) is 0. The zero-order chi connectivity index (χ0) is 19.9. The highest BCUT2D eigenvalue weighted by molar-refractivity contribution is 6.30. The Morgan fingerprint density at radius 2 is 1.69 bits per heavy atom. The molecule has 0 bridgehead atoms. The van der Waals surface area contributed by atoms with Crippen LogP contribution in [0.3, 0.4) is 0 Å². The molecule has 0 saturated carbocycles. The highest BCUT2D eigenvalue weighted by Crippen LogP contribution is 2.38. The summed E-state index contributed by atoms with van der Waals surface area (Å²) in [6, 6.07) is 10.7.